The number of rotatable bonds is 10. The van der Waals surface area contributed by atoms with Crippen molar-refractivity contribution in [1.82, 2.24) is 16.0 Å². The third-order valence-electron chi connectivity index (χ3n) is 3.51. The van der Waals surface area contributed by atoms with Gasteiger partial charge >= 0.3 is 5.97 Å². The minimum absolute atomic E-state index is 0.0263. The Hall–Kier alpha value is -1.81. The van der Waals surface area contributed by atoms with Gasteiger partial charge in [-0.05, 0) is 11.8 Å². The first kappa shape index (κ1) is 23.2. The molecule has 0 saturated carbocycles. The van der Waals surface area contributed by atoms with Crippen LogP contribution in [0.1, 0.15) is 27.7 Å². The van der Waals surface area contributed by atoms with E-state index in [2.05, 4.69) is 28.6 Å². The van der Waals surface area contributed by atoms with Crippen LogP contribution in [0.5, 0.6) is 0 Å². The lowest BCUT2D eigenvalue weighted by atomic mass is 10.0. The molecule has 144 valence electrons. The lowest BCUT2D eigenvalue weighted by Gasteiger charge is -2.22. The predicted molar refractivity (Wildman–Crippen MR) is 96.0 cm³/mol. The molecule has 0 aromatic heterocycles. The smallest absolute Gasteiger partial charge is 0.326 e. The van der Waals surface area contributed by atoms with Crippen LogP contribution in [0.25, 0.3) is 0 Å². The summed E-state index contributed by atoms with van der Waals surface area (Å²) >= 11 is 3.99. The highest BCUT2D eigenvalue weighted by Crippen LogP contribution is 2.03. The lowest BCUT2D eigenvalue weighted by Crippen LogP contribution is -2.55. The molecule has 0 radical (unpaired) electrons. The van der Waals surface area contributed by atoms with Gasteiger partial charge < -0.3 is 26.8 Å². The van der Waals surface area contributed by atoms with E-state index in [0.717, 1.165) is 0 Å². The van der Waals surface area contributed by atoms with Crippen LogP contribution < -0.4 is 21.7 Å². The summed E-state index contributed by atoms with van der Waals surface area (Å²) in [5.41, 5.74) is 5.66. The zero-order chi connectivity index (χ0) is 19.7. The molecular weight excluding hydrogens is 348 g/mol. The molecule has 3 amide bonds. The van der Waals surface area contributed by atoms with Gasteiger partial charge in [0.15, 0.2) is 0 Å². The average molecular weight is 376 g/mol. The standard InChI is InChI=1S/C15H28N4O5S/c1-7(2)11(16)14(22)17-5-10(20)18-9(6-25)13(21)19-12(8(3)4)15(23)24/h7-9,11-12,25H,5-6,16H2,1-4H3,(H,17,22)(H,18,20)(H,19,21)(H,23,24). The van der Waals surface area contributed by atoms with Crippen LogP contribution in [0, 0.1) is 11.8 Å². The molecule has 0 bridgehead atoms. The van der Waals surface area contributed by atoms with Gasteiger partial charge in [0, 0.05) is 5.75 Å². The monoisotopic (exact) mass is 376 g/mol. The van der Waals surface area contributed by atoms with Crippen LogP contribution >= 0.6 is 12.6 Å². The zero-order valence-corrected chi connectivity index (χ0v) is 15.8. The van der Waals surface area contributed by atoms with Crippen molar-refractivity contribution in [1.29, 1.82) is 0 Å². The fourth-order valence-electron chi connectivity index (χ4n) is 1.79. The summed E-state index contributed by atoms with van der Waals surface area (Å²) < 4.78 is 0. The number of nitrogens with two attached hydrogens (primary N) is 1. The van der Waals surface area contributed by atoms with Gasteiger partial charge in [-0.15, -0.1) is 0 Å². The Labute approximate surface area is 152 Å². The maximum atomic E-state index is 12.1. The molecule has 0 spiro atoms. The van der Waals surface area contributed by atoms with Crippen LogP contribution in [0.3, 0.4) is 0 Å². The van der Waals surface area contributed by atoms with Crippen molar-refractivity contribution in [2.75, 3.05) is 12.3 Å². The molecule has 0 aliphatic carbocycles. The Morgan fingerprint density at radius 2 is 1.56 bits per heavy atom. The lowest BCUT2D eigenvalue weighted by molar-refractivity contribution is -0.143. The van der Waals surface area contributed by atoms with Crippen LogP contribution in [0.2, 0.25) is 0 Å². The molecule has 9 nitrogen and oxygen atoms in total. The molecule has 3 unspecified atom stereocenters. The molecule has 6 N–H and O–H groups in total. The molecule has 3 atom stereocenters. The van der Waals surface area contributed by atoms with E-state index in [1.807, 2.05) is 0 Å². The van der Waals surface area contributed by atoms with Crippen molar-refractivity contribution in [2.45, 2.75) is 45.8 Å². The Morgan fingerprint density at radius 1 is 1.00 bits per heavy atom. The summed E-state index contributed by atoms with van der Waals surface area (Å²) in [5, 5.41) is 16.2. The zero-order valence-electron chi connectivity index (χ0n) is 14.9. The number of carbonyl (C=O) groups excluding carboxylic acids is 3. The van der Waals surface area contributed by atoms with Gasteiger partial charge in [0.1, 0.15) is 12.1 Å². The number of thiol groups is 1. The van der Waals surface area contributed by atoms with Gasteiger partial charge in [-0.1, -0.05) is 27.7 Å². The van der Waals surface area contributed by atoms with Crippen molar-refractivity contribution in [3.05, 3.63) is 0 Å². The van der Waals surface area contributed by atoms with Crippen molar-refractivity contribution in [2.24, 2.45) is 17.6 Å². The molecule has 0 fully saturated rings. The first-order chi connectivity index (χ1) is 11.5. The highest BCUT2D eigenvalue weighted by molar-refractivity contribution is 7.80. The van der Waals surface area contributed by atoms with Crippen LogP contribution in [0.4, 0.5) is 0 Å². The fraction of sp³-hybridized carbons (Fsp3) is 0.733. The fourth-order valence-corrected chi connectivity index (χ4v) is 2.05. The normalized spacial score (nSPS) is 14.6. The third kappa shape index (κ3) is 8.21. The second kappa shape index (κ2) is 10.9. The second-order valence-corrected chi connectivity index (χ2v) is 6.72. The second-order valence-electron chi connectivity index (χ2n) is 6.36. The van der Waals surface area contributed by atoms with E-state index in [-0.39, 0.29) is 24.1 Å². The Kier molecular flexibility index (Phi) is 10.1. The summed E-state index contributed by atoms with van der Waals surface area (Å²) in [6.45, 7) is 6.52. The number of carbonyl (C=O) groups is 4. The van der Waals surface area contributed by atoms with Crippen molar-refractivity contribution >= 4 is 36.3 Å². The average Bonchev–Trinajstić information content (AvgIpc) is 2.53. The summed E-state index contributed by atoms with van der Waals surface area (Å²) in [6, 6.07) is -2.83. The number of amides is 3. The van der Waals surface area contributed by atoms with Crippen molar-refractivity contribution in [3.8, 4) is 0 Å². The van der Waals surface area contributed by atoms with Crippen LogP contribution in [-0.2, 0) is 19.2 Å². The summed E-state index contributed by atoms with van der Waals surface area (Å²) in [5.74, 6) is -3.33. The summed E-state index contributed by atoms with van der Waals surface area (Å²) in [7, 11) is 0. The van der Waals surface area contributed by atoms with Crippen LogP contribution in [-0.4, -0.2) is 59.2 Å². The third-order valence-corrected chi connectivity index (χ3v) is 3.87. The molecule has 0 saturated heterocycles. The Bertz CT molecular complexity index is 498. The summed E-state index contributed by atoms with van der Waals surface area (Å²) in [6.07, 6.45) is 0. The van der Waals surface area contributed by atoms with Crippen molar-refractivity contribution < 1.29 is 24.3 Å². The number of carboxylic acid groups (broad SMARTS) is 1. The van der Waals surface area contributed by atoms with Gasteiger partial charge in [0.05, 0.1) is 12.6 Å². The highest BCUT2D eigenvalue weighted by atomic mass is 32.1. The number of nitrogens with one attached hydrogen (secondary N) is 3. The molecule has 0 aliphatic heterocycles. The first-order valence-electron chi connectivity index (χ1n) is 7.97. The number of aliphatic carboxylic acids is 1. The van der Waals surface area contributed by atoms with Crippen LogP contribution in [0.15, 0.2) is 0 Å². The van der Waals surface area contributed by atoms with E-state index < -0.39 is 41.8 Å². The van der Waals surface area contributed by atoms with Crippen molar-refractivity contribution in [3.63, 3.8) is 0 Å². The molecule has 0 heterocycles. The molecular formula is C15H28N4O5S. The van der Waals surface area contributed by atoms with Gasteiger partial charge in [0.2, 0.25) is 17.7 Å². The minimum Gasteiger partial charge on any atom is -0.480 e. The molecule has 0 aliphatic rings. The largest absolute Gasteiger partial charge is 0.480 e. The van der Waals surface area contributed by atoms with Gasteiger partial charge in [-0.25, -0.2) is 4.79 Å². The number of hydrogen-bond acceptors (Lipinski definition) is 6. The summed E-state index contributed by atoms with van der Waals surface area (Å²) in [4.78, 5) is 46.8. The Morgan fingerprint density at radius 3 is 1.96 bits per heavy atom. The predicted octanol–water partition coefficient (Wildman–Crippen LogP) is -1.27. The maximum Gasteiger partial charge on any atom is 0.326 e. The molecule has 0 aromatic carbocycles. The van der Waals surface area contributed by atoms with E-state index in [1.54, 1.807) is 27.7 Å². The van der Waals surface area contributed by atoms with Gasteiger partial charge in [-0.3, -0.25) is 14.4 Å². The molecule has 0 rings (SSSR count). The molecule has 10 heteroatoms. The quantitative estimate of drug-likeness (QED) is 0.262. The maximum absolute atomic E-state index is 12.1. The molecule has 25 heavy (non-hydrogen) atoms. The van der Waals surface area contributed by atoms with E-state index in [9.17, 15) is 19.2 Å². The SMILES string of the molecule is CC(C)C(N)C(=O)NCC(=O)NC(CS)C(=O)NC(C(=O)O)C(C)C. The highest BCUT2D eigenvalue weighted by Gasteiger charge is 2.28. The van der Waals surface area contributed by atoms with E-state index >= 15 is 0 Å². The van der Waals surface area contributed by atoms with E-state index in [4.69, 9.17) is 10.8 Å². The van der Waals surface area contributed by atoms with E-state index in [0.29, 0.717) is 0 Å². The number of carboxylic acids is 1. The topological polar surface area (TPSA) is 151 Å². The first-order valence-corrected chi connectivity index (χ1v) is 8.61. The minimum atomic E-state index is -1.16. The van der Waals surface area contributed by atoms with E-state index in [1.165, 1.54) is 0 Å². The molecule has 0 aromatic rings. The number of hydrogen-bond donors (Lipinski definition) is 6. The Balaban J connectivity index is 4.61. The van der Waals surface area contributed by atoms with Gasteiger partial charge in [0.25, 0.3) is 0 Å². The van der Waals surface area contributed by atoms with Gasteiger partial charge in [-0.2, -0.15) is 12.6 Å².